The third-order valence-corrected chi connectivity index (χ3v) is 3.65. The first-order chi connectivity index (χ1) is 6.77. The maximum atomic E-state index is 10.8. The predicted molar refractivity (Wildman–Crippen MR) is 61.5 cm³/mol. The van der Waals surface area contributed by atoms with Gasteiger partial charge in [0.2, 0.25) is 0 Å². The van der Waals surface area contributed by atoms with Crippen LogP contribution in [0.1, 0.15) is 15.9 Å². The first-order valence-electron chi connectivity index (χ1n) is 4.01. The molecule has 1 aromatic heterocycles. The van der Waals surface area contributed by atoms with E-state index >= 15 is 0 Å². The molecule has 0 atom stereocenters. The molecule has 4 heteroatoms. The van der Waals surface area contributed by atoms with Crippen LogP contribution in [0, 0.1) is 0 Å². The first-order valence-corrected chi connectivity index (χ1v) is 6.01. The van der Waals surface area contributed by atoms with Crippen molar-refractivity contribution < 1.29 is 9.90 Å². The van der Waals surface area contributed by atoms with Crippen LogP contribution in [0.5, 0.6) is 5.75 Å². The second-order valence-corrected chi connectivity index (χ2v) is 4.36. The highest BCUT2D eigenvalue weighted by atomic mass is 79.9. The fraction of sp³-hybridized carbons (Fsp3) is 0.100. The Labute approximate surface area is 93.3 Å². The topological polar surface area (TPSA) is 37.3 Å². The van der Waals surface area contributed by atoms with E-state index in [9.17, 15) is 9.90 Å². The summed E-state index contributed by atoms with van der Waals surface area (Å²) in [6, 6.07) is 3.37. The Bertz CT molecular complexity index is 490. The van der Waals surface area contributed by atoms with Gasteiger partial charge in [-0.2, -0.15) is 0 Å². The maximum absolute atomic E-state index is 10.8. The summed E-state index contributed by atoms with van der Waals surface area (Å²) in [7, 11) is 0. The van der Waals surface area contributed by atoms with Crippen molar-refractivity contribution in [2.24, 2.45) is 0 Å². The SMILES string of the molecule is O=Cc1cc(O)c2ccsc2c1CBr. The summed E-state index contributed by atoms with van der Waals surface area (Å²) in [6.45, 7) is 0. The normalized spacial score (nSPS) is 10.6. The number of carbonyl (C=O) groups excluding carboxylic acids is 1. The third-order valence-electron chi connectivity index (χ3n) is 2.12. The summed E-state index contributed by atoms with van der Waals surface area (Å²) >= 11 is 4.88. The zero-order valence-electron chi connectivity index (χ0n) is 7.16. The Balaban J connectivity index is 2.88. The van der Waals surface area contributed by atoms with Gasteiger partial charge in [0, 0.05) is 21.0 Å². The molecule has 1 aromatic carbocycles. The smallest absolute Gasteiger partial charge is 0.150 e. The number of phenolic OH excluding ortho intramolecular Hbond substituents is 1. The molecule has 0 aliphatic heterocycles. The fourth-order valence-electron chi connectivity index (χ4n) is 1.43. The number of rotatable bonds is 2. The van der Waals surface area contributed by atoms with Crippen molar-refractivity contribution in [1.82, 2.24) is 0 Å². The first kappa shape index (κ1) is 9.68. The van der Waals surface area contributed by atoms with Gasteiger partial charge in [0.1, 0.15) is 5.75 Å². The monoisotopic (exact) mass is 270 g/mol. The molecule has 2 aromatic rings. The van der Waals surface area contributed by atoms with Gasteiger partial charge in [-0.3, -0.25) is 4.79 Å². The van der Waals surface area contributed by atoms with Crippen LogP contribution >= 0.6 is 27.3 Å². The van der Waals surface area contributed by atoms with Crippen LogP contribution in [-0.2, 0) is 5.33 Å². The molecule has 0 amide bonds. The minimum atomic E-state index is 0.174. The van der Waals surface area contributed by atoms with Gasteiger partial charge in [0.15, 0.2) is 6.29 Å². The minimum absolute atomic E-state index is 0.174. The number of aromatic hydroxyl groups is 1. The van der Waals surface area contributed by atoms with E-state index in [-0.39, 0.29) is 5.75 Å². The third kappa shape index (κ3) is 1.35. The Kier molecular flexibility index (Phi) is 2.56. The molecule has 2 nitrogen and oxygen atoms in total. The predicted octanol–water partition coefficient (Wildman–Crippen LogP) is 3.31. The van der Waals surface area contributed by atoms with Crippen LogP contribution < -0.4 is 0 Å². The van der Waals surface area contributed by atoms with Gasteiger partial charge in [-0.1, -0.05) is 15.9 Å². The molecule has 72 valence electrons. The largest absolute Gasteiger partial charge is 0.507 e. The molecule has 0 unspecified atom stereocenters. The molecular formula is C10H7BrO2S. The fourth-order valence-corrected chi connectivity index (χ4v) is 3.19. The van der Waals surface area contributed by atoms with E-state index in [1.807, 2.05) is 11.4 Å². The van der Waals surface area contributed by atoms with Gasteiger partial charge in [-0.15, -0.1) is 11.3 Å². The van der Waals surface area contributed by atoms with Gasteiger partial charge in [-0.25, -0.2) is 0 Å². The lowest BCUT2D eigenvalue weighted by molar-refractivity contribution is 0.112. The van der Waals surface area contributed by atoms with Gasteiger partial charge < -0.3 is 5.11 Å². The highest BCUT2D eigenvalue weighted by Gasteiger charge is 2.11. The number of aldehydes is 1. The average molecular weight is 271 g/mol. The van der Waals surface area contributed by atoms with Crippen molar-refractivity contribution in [3.8, 4) is 5.75 Å². The van der Waals surface area contributed by atoms with Crippen LogP contribution in [0.3, 0.4) is 0 Å². The van der Waals surface area contributed by atoms with Crippen molar-refractivity contribution in [3.05, 3.63) is 28.6 Å². The molecule has 0 bridgehead atoms. The lowest BCUT2D eigenvalue weighted by atomic mass is 10.1. The number of benzene rings is 1. The maximum Gasteiger partial charge on any atom is 0.150 e. The van der Waals surface area contributed by atoms with E-state index in [1.165, 1.54) is 17.4 Å². The van der Waals surface area contributed by atoms with Gasteiger partial charge in [0.25, 0.3) is 0 Å². The Hall–Kier alpha value is -0.870. The number of thiophene rings is 1. The second-order valence-electron chi connectivity index (χ2n) is 2.88. The minimum Gasteiger partial charge on any atom is -0.507 e. The number of hydrogen-bond donors (Lipinski definition) is 1. The van der Waals surface area contributed by atoms with Crippen molar-refractivity contribution in [3.63, 3.8) is 0 Å². The van der Waals surface area contributed by atoms with Crippen molar-refractivity contribution in [2.75, 3.05) is 0 Å². The highest BCUT2D eigenvalue weighted by Crippen LogP contribution is 2.35. The standard InChI is InChI=1S/C10H7BrO2S/c11-4-8-6(5-12)3-9(13)7-1-2-14-10(7)8/h1-3,5,13H,4H2. The number of phenols is 1. The van der Waals surface area contributed by atoms with Gasteiger partial charge in [-0.05, 0) is 23.1 Å². The van der Waals surface area contributed by atoms with Gasteiger partial charge in [0.05, 0.1) is 0 Å². The summed E-state index contributed by atoms with van der Waals surface area (Å²) in [5.74, 6) is 0.174. The molecule has 1 heterocycles. The lowest BCUT2D eigenvalue weighted by Gasteiger charge is -2.04. The quantitative estimate of drug-likeness (QED) is 0.672. The molecule has 0 fully saturated rings. The number of alkyl halides is 1. The molecule has 0 saturated carbocycles. The molecule has 2 rings (SSSR count). The molecule has 1 N–H and O–H groups in total. The lowest BCUT2D eigenvalue weighted by Crippen LogP contribution is -1.89. The molecule has 0 saturated heterocycles. The van der Waals surface area contributed by atoms with Crippen LogP contribution in [0.25, 0.3) is 10.1 Å². The van der Waals surface area contributed by atoms with E-state index < -0.39 is 0 Å². The Morgan fingerprint density at radius 1 is 1.57 bits per heavy atom. The summed E-state index contributed by atoms with van der Waals surface area (Å²) in [4.78, 5) is 10.8. The summed E-state index contributed by atoms with van der Waals surface area (Å²) < 4.78 is 0.976. The Morgan fingerprint density at radius 2 is 2.36 bits per heavy atom. The van der Waals surface area contributed by atoms with E-state index in [1.54, 1.807) is 0 Å². The average Bonchev–Trinajstić information content (AvgIpc) is 2.66. The summed E-state index contributed by atoms with van der Waals surface area (Å²) in [5.41, 5.74) is 1.50. The number of hydrogen-bond acceptors (Lipinski definition) is 3. The van der Waals surface area contributed by atoms with Crippen LogP contribution in [0.2, 0.25) is 0 Å². The van der Waals surface area contributed by atoms with Crippen molar-refractivity contribution in [1.29, 1.82) is 0 Å². The van der Waals surface area contributed by atoms with E-state index in [4.69, 9.17) is 0 Å². The highest BCUT2D eigenvalue weighted by molar-refractivity contribution is 9.08. The van der Waals surface area contributed by atoms with E-state index in [0.717, 1.165) is 21.9 Å². The van der Waals surface area contributed by atoms with Crippen LogP contribution in [0.15, 0.2) is 17.5 Å². The Morgan fingerprint density at radius 3 is 3.00 bits per heavy atom. The molecular weight excluding hydrogens is 264 g/mol. The van der Waals surface area contributed by atoms with Gasteiger partial charge >= 0.3 is 0 Å². The van der Waals surface area contributed by atoms with Crippen LogP contribution in [0.4, 0.5) is 0 Å². The molecule has 0 aliphatic rings. The summed E-state index contributed by atoms with van der Waals surface area (Å²) in [5, 5.41) is 13.0. The van der Waals surface area contributed by atoms with Crippen molar-refractivity contribution in [2.45, 2.75) is 5.33 Å². The number of fused-ring (bicyclic) bond motifs is 1. The zero-order chi connectivity index (χ0) is 10.1. The zero-order valence-corrected chi connectivity index (χ0v) is 9.56. The number of halogens is 1. The second kappa shape index (κ2) is 3.71. The van der Waals surface area contributed by atoms with E-state index in [2.05, 4.69) is 15.9 Å². The molecule has 14 heavy (non-hydrogen) atoms. The molecule has 0 radical (unpaired) electrons. The summed E-state index contributed by atoms with van der Waals surface area (Å²) in [6.07, 6.45) is 0.773. The molecule has 0 aliphatic carbocycles. The molecule has 0 spiro atoms. The van der Waals surface area contributed by atoms with Crippen molar-refractivity contribution >= 4 is 43.6 Å². The van der Waals surface area contributed by atoms with Crippen LogP contribution in [-0.4, -0.2) is 11.4 Å². The van der Waals surface area contributed by atoms with E-state index in [0.29, 0.717) is 10.9 Å². The number of carbonyl (C=O) groups is 1.